The van der Waals surface area contributed by atoms with Gasteiger partial charge in [-0.1, -0.05) is 13.8 Å². The quantitative estimate of drug-likeness (QED) is 0.858. The van der Waals surface area contributed by atoms with E-state index in [2.05, 4.69) is 9.97 Å². The van der Waals surface area contributed by atoms with Gasteiger partial charge >= 0.3 is 0 Å². The van der Waals surface area contributed by atoms with Crippen LogP contribution in [-0.4, -0.2) is 30.1 Å². The van der Waals surface area contributed by atoms with Gasteiger partial charge in [0.1, 0.15) is 5.69 Å². The molecule has 0 aliphatic rings. The highest BCUT2D eigenvalue weighted by Gasteiger charge is 2.23. The standard InChI is InChI=1S/C11H18F2N4/c1-11(2,6-14)7-17(3)10-8(9(12)13)15-4-5-16-10/h4-5,9H,6-7,14H2,1-3H3. The molecule has 0 saturated heterocycles. The minimum absolute atomic E-state index is 0.161. The van der Waals surface area contributed by atoms with Gasteiger partial charge in [-0.05, 0) is 12.0 Å². The summed E-state index contributed by atoms with van der Waals surface area (Å²) in [4.78, 5) is 9.30. The van der Waals surface area contributed by atoms with E-state index in [-0.39, 0.29) is 16.9 Å². The van der Waals surface area contributed by atoms with E-state index in [9.17, 15) is 8.78 Å². The lowest BCUT2D eigenvalue weighted by atomic mass is 9.93. The van der Waals surface area contributed by atoms with E-state index in [1.165, 1.54) is 12.4 Å². The van der Waals surface area contributed by atoms with Crippen molar-refractivity contribution in [2.45, 2.75) is 20.3 Å². The van der Waals surface area contributed by atoms with Gasteiger partial charge in [0.15, 0.2) is 5.82 Å². The average molecular weight is 244 g/mol. The van der Waals surface area contributed by atoms with Gasteiger partial charge in [0.2, 0.25) is 0 Å². The Morgan fingerprint density at radius 3 is 2.47 bits per heavy atom. The van der Waals surface area contributed by atoms with E-state index in [0.29, 0.717) is 13.1 Å². The molecule has 0 aromatic carbocycles. The first kappa shape index (κ1) is 13.8. The van der Waals surface area contributed by atoms with Crippen LogP contribution in [0, 0.1) is 5.41 Å². The summed E-state index contributed by atoms with van der Waals surface area (Å²) >= 11 is 0. The van der Waals surface area contributed by atoms with Crippen LogP contribution in [0.1, 0.15) is 26.0 Å². The fourth-order valence-corrected chi connectivity index (χ4v) is 1.57. The van der Waals surface area contributed by atoms with Crippen molar-refractivity contribution in [3.05, 3.63) is 18.1 Å². The minimum Gasteiger partial charge on any atom is -0.357 e. The number of hydrogen-bond donors (Lipinski definition) is 1. The van der Waals surface area contributed by atoms with Crippen LogP contribution in [0.25, 0.3) is 0 Å². The number of hydrogen-bond acceptors (Lipinski definition) is 4. The summed E-state index contributed by atoms with van der Waals surface area (Å²) < 4.78 is 25.5. The smallest absolute Gasteiger partial charge is 0.284 e. The highest BCUT2D eigenvalue weighted by Crippen LogP contribution is 2.26. The lowest BCUT2D eigenvalue weighted by Crippen LogP contribution is -2.37. The van der Waals surface area contributed by atoms with Crippen LogP contribution in [0.4, 0.5) is 14.6 Å². The van der Waals surface area contributed by atoms with Gasteiger partial charge in [-0.3, -0.25) is 0 Å². The first-order valence-corrected chi connectivity index (χ1v) is 5.37. The third-order valence-electron chi connectivity index (χ3n) is 2.49. The van der Waals surface area contributed by atoms with Gasteiger partial charge in [0, 0.05) is 26.0 Å². The normalized spacial score (nSPS) is 11.9. The molecule has 4 nitrogen and oxygen atoms in total. The van der Waals surface area contributed by atoms with Crippen LogP contribution in [-0.2, 0) is 0 Å². The van der Waals surface area contributed by atoms with E-state index >= 15 is 0 Å². The average Bonchev–Trinajstić information content (AvgIpc) is 2.28. The maximum Gasteiger partial charge on any atom is 0.284 e. The van der Waals surface area contributed by atoms with Gasteiger partial charge in [0.25, 0.3) is 6.43 Å². The predicted molar refractivity (Wildman–Crippen MR) is 63.1 cm³/mol. The second kappa shape index (κ2) is 5.35. The maximum absolute atomic E-state index is 12.7. The first-order valence-electron chi connectivity index (χ1n) is 5.37. The Bertz CT molecular complexity index is 368. The van der Waals surface area contributed by atoms with E-state index < -0.39 is 6.43 Å². The minimum atomic E-state index is -2.62. The largest absolute Gasteiger partial charge is 0.357 e. The summed E-state index contributed by atoms with van der Waals surface area (Å²) in [5.41, 5.74) is 5.17. The highest BCUT2D eigenvalue weighted by molar-refractivity contribution is 5.43. The number of nitrogens with two attached hydrogens (primary N) is 1. The molecule has 0 radical (unpaired) electrons. The Hall–Kier alpha value is -1.30. The number of anilines is 1. The van der Waals surface area contributed by atoms with Gasteiger partial charge < -0.3 is 10.6 Å². The van der Waals surface area contributed by atoms with Crippen LogP contribution >= 0.6 is 0 Å². The van der Waals surface area contributed by atoms with Crippen molar-refractivity contribution in [2.24, 2.45) is 11.1 Å². The molecule has 0 aliphatic carbocycles. The van der Waals surface area contributed by atoms with Gasteiger partial charge in [-0.2, -0.15) is 0 Å². The van der Waals surface area contributed by atoms with Gasteiger partial charge in [-0.25, -0.2) is 18.7 Å². The lowest BCUT2D eigenvalue weighted by Gasteiger charge is -2.30. The van der Waals surface area contributed by atoms with Crippen LogP contribution in [0.15, 0.2) is 12.4 Å². The summed E-state index contributed by atoms with van der Waals surface area (Å²) in [5, 5.41) is 0. The monoisotopic (exact) mass is 244 g/mol. The molecule has 1 aromatic heterocycles. The SMILES string of the molecule is CN(CC(C)(C)CN)c1nccnc1C(F)F. The zero-order valence-electron chi connectivity index (χ0n) is 10.3. The molecule has 17 heavy (non-hydrogen) atoms. The summed E-state index contributed by atoms with van der Waals surface area (Å²) in [7, 11) is 1.72. The van der Waals surface area contributed by atoms with Crippen LogP contribution < -0.4 is 10.6 Å². The Morgan fingerprint density at radius 1 is 1.35 bits per heavy atom. The number of aromatic nitrogens is 2. The molecular weight excluding hydrogens is 226 g/mol. The van der Waals surface area contributed by atoms with Crippen molar-refractivity contribution in [1.82, 2.24) is 9.97 Å². The van der Waals surface area contributed by atoms with Crippen molar-refractivity contribution in [2.75, 3.05) is 25.0 Å². The topological polar surface area (TPSA) is 55.0 Å². The Morgan fingerprint density at radius 2 is 1.94 bits per heavy atom. The molecule has 1 heterocycles. The number of alkyl halides is 2. The summed E-state index contributed by atoms with van der Waals surface area (Å²) in [6.45, 7) is 4.97. The molecule has 0 atom stereocenters. The van der Waals surface area contributed by atoms with E-state index in [0.717, 1.165) is 0 Å². The molecule has 96 valence electrons. The van der Waals surface area contributed by atoms with Crippen molar-refractivity contribution in [3.63, 3.8) is 0 Å². The van der Waals surface area contributed by atoms with Crippen molar-refractivity contribution < 1.29 is 8.78 Å². The van der Waals surface area contributed by atoms with Crippen molar-refractivity contribution in [3.8, 4) is 0 Å². The van der Waals surface area contributed by atoms with Crippen LogP contribution in [0.3, 0.4) is 0 Å². The summed E-state index contributed by atoms with van der Waals surface area (Å²) in [6.07, 6.45) is 0.0576. The van der Waals surface area contributed by atoms with Crippen molar-refractivity contribution >= 4 is 5.82 Å². The molecule has 0 aliphatic heterocycles. The molecule has 0 bridgehead atoms. The van der Waals surface area contributed by atoms with E-state index in [1.54, 1.807) is 11.9 Å². The molecule has 0 spiro atoms. The highest BCUT2D eigenvalue weighted by atomic mass is 19.3. The molecule has 0 saturated carbocycles. The molecule has 2 N–H and O–H groups in total. The number of rotatable bonds is 5. The Balaban J connectivity index is 2.92. The molecule has 0 unspecified atom stereocenters. The van der Waals surface area contributed by atoms with Gasteiger partial charge in [0.05, 0.1) is 0 Å². The third-order valence-corrected chi connectivity index (χ3v) is 2.49. The van der Waals surface area contributed by atoms with Gasteiger partial charge in [-0.15, -0.1) is 0 Å². The molecule has 6 heteroatoms. The second-order valence-electron chi connectivity index (χ2n) is 4.79. The zero-order chi connectivity index (χ0) is 13.1. The third kappa shape index (κ3) is 3.59. The fourth-order valence-electron chi connectivity index (χ4n) is 1.57. The zero-order valence-corrected chi connectivity index (χ0v) is 10.3. The number of halogens is 2. The molecule has 0 amide bonds. The van der Waals surface area contributed by atoms with E-state index in [1.807, 2.05) is 13.8 Å². The van der Waals surface area contributed by atoms with Crippen LogP contribution in [0.5, 0.6) is 0 Å². The predicted octanol–water partition coefficient (Wildman–Crippen LogP) is 1.84. The Kier molecular flexibility index (Phi) is 4.34. The molecule has 0 fully saturated rings. The van der Waals surface area contributed by atoms with Crippen molar-refractivity contribution in [1.29, 1.82) is 0 Å². The second-order valence-corrected chi connectivity index (χ2v) is 4.79. The molecular formula is C11H18F2N4. The summed E-state index contributed by atoms with van der Waals surface area (Å²) in [6, 6.07) is 0. The number of nitrogens with zero attached hydrogens (tertiary/aromatic N) is 3. The molecule has 1 rings (SSSR count). The Labute approximate surface area is 99.9 Å². The first-order chi connectivity index (χ1) is 7.87. The maximum atomic E-state index is 12.7. The van der Waals surface area contributed by atoms with Crippen LogP contribution in [0.2, 0.25) is 0 Å². The molecule has 1 aromatic rings. The van der Waals surface area contributed by atoms with E-state index in [4.69, 9.17) is 5.73 Å². The fraction of sp³-hybridized carbons (Fsp3) is 0.636. The summed E-state index contributed by atoms with van der Waals surface area (Å²) in [5.74, 6) is 0.212. The lowest BCUT2D eigenvalue weighted by molar-refractivity contribution is 0.146.